The van der Waals surface area contributed by atoms with Crippen molar-refractivity contribution in [1.82, 2.24) is 14.9 Å². The summed E-state index contributed by atoms with van der Waals surface area (Å²) in [6.07, 6.45) is 9.85. The Morgan fingerprint density at radius 2 is 2.35 bits per heavy atom. The van der Waals surface area contributed by atoms with Crippen molar-refractivity contribution in [2.75, 3.05) is 19.8 Å². The first-order valence-electron chi connectivity index (χ1n) is 8.16. The fourth-order valence-corrected chi connectivity index (χ4v) is 2.99. The van der Waals surface area contributed by atoms with E-state index in [2.05, 4.69) is 34.9 Å². The standard InChI is InChI=1S/C16H29N3O/c1-3-7-17-15(14-6-5-11-20-13-14)12-16-18-8-10-19(16)9-4-2/h8,10,14-15,17H,3-7,9,11-13H2,1-2H3. The van der Waals surface area contributed by atoms with Crippen LogP contribution in [0, 0.1) is 5.92 Å². The van der Waals surface area contributed by atoms with E-state index in [1.54, 1.807) is 0 Å². The van der Waals surface area contributed by atoms with Gasteiger partial charge in [-0.25, -0.2) is 4.98 Å². The molecule has 1 aromatic heterocycles. The minimum absolute atomic E-state index is 0.494. The Bertz CT molecular complexity index is 372. The molecular formula is C16H29N3O. The predicted octanol–water partition coefficient (Wildman–Crippen LogP) is 2.63. The van der Waals surface area contributed by atoms with Crippen LogP contribution in [0.5, 0.6) is 0 Å². The first kappa shape index (κ1) is 15.5. The second-order valence-corrected chi connectivity index (χ2v) is 5.78. The van der Waals surface area contributed by atoms with Crippen LogP contribution in [0.1, 0.15) is 45.4 Å². The molecule has 0 radical (unpaired) electrons. The topological polar surface area (TPSA) is 39.1 Å². The monoisotopic (exact) mass is 279 g/mol. The highest BCUT2D eigenvalue weighted by molar-refractivity contribution is 4.97. The zero-order valence-electron chi connectivity index (χ0n) is 13.0. The molecule has 2 heterocycles. The fraction of sp³-hybridized carbons (Fsp3) is 0.812. The lowest BCUT2D eigenvalue weighted by Gasteiger charge is -2.31. The molecule has 0 aliphatic carbocycles. The lowest BCUT2D eigenvalue weighted by molar-refractivity contribution is 0.0389. The fourth-order valence-electron chi connectivity index (χ4n) is 2.99. The van der Waals surface area contributed by atoms with E-state index in [1.807, 2.05) is 6.20 Å². The summed E-state index contributed by atoms with van der Waals surface area (Å²) in [6.45, 7) is 8.41. The molecule has 0 aromatic carbocycles. The van der Waals surface area contributed by atoms with Gasteiger partial charge < -0.3 is 14.6 Å². The van der Waals surface area contributed by atoms with Crippen LogP contribution in [-0.4, -0.2) is 35.4 Å². The predicted molar refractivity (Wildman–Crippen MR) is 81.8 cm³/mol. The summed E-state index contributed by atoms with van der Waals surface area (Å²) in [4.78, 5) is 4.56. The van der Waals surface area contributed by atoms with Crippen LogP contribution in [0.4, 0.5) is 0 Å². The molecule has 1 N–H and O–H groups in total. The van der Waals surface area contributed by atoms with E-state index in [0.29, 0.717) is 12.0 Å². The number of aromatic nitrogens is 2. The van der Waals surface area contributed by atoms with Gasteiger partial charge in [0.1, 0.15) is 5.82 Å². The number of hydrogen-bond donors (Lipinski definition) is 1. The van der Waals surface area contributed by atoms with Gasteiger partial charge in [-0.2, -0.15) is 0 Å². The summed E-state index contributed by atoms with van der Waals surface area (Å²) in [6, 6.07) is 0.494. The van der Waals surface area contributed by atoms with Gasteiger partial charge in [0, 0.05) is 38.0 Å². The number of aryl methyl sites for hydroxylation is 1. The highest BCUT2D eigenvalue weighted by atomic mass is 16.5. The van der Waals surface area contributed by atoms with E-state index in [0.717, 1.165) is 39.1 Å². The molecule has 1 saturated heterocycles. The lowest BCUT2D eigenvalue weighted by atomic mass is 9.91. The highest BCUT2D eigenvalue weighted by Crippen LogP contribution is 2.20. The zero-order valence-corrected chi connectivity index (χ0v) is 13.0. The lowest BCUT2D eigenvalue weighted by Crippen LogP contribution is -2.42. The van der Waals surface area contributed by atoms with E-state index in [-0.39, 0.29) is 0 Å². The Morgan fingerprint density at radius 3 is 3.05 bits per heavy atom. The minimum Gasteiger partial charge on any atom is -0.381 e. The van der Waals surface area contributed by atoms with Crippen molar-refractivity contribution in [2.45, 2.75) is 58.5 Å². The average molecular weight is 279 g/mol. The van der Waals surface area contributed by atoms with Gasteiger partial charge in [-0.3, -0.25) is 0 Å². The van der Waals surface area contributed by atoms with Gasteiger partial charge in [0.15, 0.2) is 0 Å². The van der Waals surface area contributed by atoms with Gasteiger partial charge in [0.25, 0.3) is 0 Å². The summed E-state index contributed by atoms with van der Waals surface area (Å²) >= 11 is 0. The quantitative estimate of drug-likeness (QED) is 0.795. The van der Waals surface area contributed by atoms with Gasteiger partial charge in [-0.05, 0) is 38.1 Å². The summed E-state index contributed by atoms with van der Waals surface area (Å²) in [5.74, 6) is 1.84. The van der Waals surface area contributed by atoms with Crippen molar-refractivity contribution in [1.29, 1.82) is 0 Å². The van der Waals surface area contributed by atoms with Gasteiger partial charge >= 0.3 is 0 Å². The molecular weight excluding hydrogens is 250 g/mol. The third kappa shape index (κ3) is 4.32. The number of nitrogens with one attached hydrogen (secondary N) is 1. The van der Waals surface area contributed by atoms with E-state index < -0.39 is 0 Å². The van der Waals surface area contributed by atoms with Crippen LogP contribution in [0.15, 0.2) is 12.4 Å². The van der Waals surface area contributed by atoms with Crippen LogP contribution < -0.4 is 5.32 Å². The Labute approximate surface area is 122 Å². The Kier molecular flexibility index (Phi) is 6.54. The molecule has 1 aliphatic rings. The molecule has 1 aromatic rings. The minimum atomic E-state index is 0.494. The largest absolute Gasteiger partial charge is 0.381 e. The molecule has 0 saturated carbocycles. The summed E-state index contributed by atoms with van der Waals surface area (Å²) in [7, 11) is 0. The van der Waals surface area contributed by atoms with Crippen molar-refractivity contribution in [2.24, 2.45) is 5.92 Å². The van der Waals surface area contributed by atoms with Crippen molar-refractivity contribution in [3.8, 4) is 0 Å². The normalized spacial score (nSPS) is 21.0. The van der Waals surface area contributed by atoms with Gasteiger partial charge in [-0.1, -0.05) is 13.8 Å². The van der Waals surface area contributed by atoms with E-state index in [1.165, 1.54) is 25.1 Å². The van der Waals surface area contributed by atoms with Crippen molar-refractivity contribution < 1.29 is 4.74 Å². The first-order valence-corrected chi connectivity index (χ1v) is 8.16. The van der Waals surface area contributed by atoms with E-state index in [4.69, 9.17) is 4.74 Å². The first-order chi connectivity index (χ1) is 9.85. The van der Waals surface area contributed by atoms with Gasteiger partial charge in [0.05, 0.1) is 6.61 Å². The third-order valence-electron chi connectivity index (χ3n) is 4.09. The van der Waals surface area contributed by atoms with Crippen LogP contribution in [0.3, 0.4) is 0 Å². The van der Waals surface area contributed by atoms with E-state index in [9.17, 15) is 0 Å². The second-order valence-electron chi connectivity index (χ2n) is 5.78. The summed E-state index contributed by atoms with van der Waals surface area (Å²) < 4.78 is 7.97. The Balaban J connectivity index is 1.99. The van der Waals surface area contributed by atoms with Crippen LogP contribution in [-0.2, 0) is 17.7 Å². The maximum Gasteiger partial charge on any atom is 0.110 e. The number of nitrogens with zero attached hydrogens (tertiary/aromatic N) is 2. The molecule has 4 heteroatoms. The number of imidazole rings is 1. The van der Waals surface area contributed by atoms with Gasteiger partial charge in [0.2, 0.25) is 0 Å². The SMILES string of the molecule is CCCNC(Cc1nccn1CCC)C1CCCOC1. The molecule has 0 amide bonds. The molecule has 2 rings (SSSR count). The molecule has 0 spiro atoms. The number of ether oxygens (including phenoxy) is 1. The summed E-state index contributed by atoms with van der Waals surface area (Å²) in [5.41, 5.74) is 0. The van der Waals surface area contributed by atoms with Crippen LogP contribution in [0.25, 0.3) is 0 Å². The molecule has 1 aliphatic heterocycles. The molecule has 2 atom stereocenters. The third-order valence-corrected chi connectivity index (χ3v) is 4.09. The molecule has 114 valence electrons. The Morgan fingerprint density at radius 1 is 1.45 bits per heavy atom. The summed E-state index contributed by atoms with van der Waals surface area (Å²) in [5, 5.41) is 3.71. The zero-order chi connectivity index (χ0) is 14.2. The van der Waals surface area contributed by atoms with E-state index >= 15 is 0 Å². The Hall–Kier alpha value is -0.870. The van der Waals surface area contributed by atoms with Crippen LogP contribution in [0.2, 0.25) is 0 Å². The van der Waals surface area contributed by atoms with Crippen molar-refractivity contribution in [3.63, 3.8) is 0 Å². The molecule has 20 heavy (non-hydrogen) atoms. The number of hydrogen-bond acceptors (Lipinski definition) is 3. The maximum atomic E-state index is 5.67. The second kappa shape index (κ2) is 8.42. The molecule has 4 nitrogen and oxygen atoms in total. The van der Waals surface area contributed by atoms with Crippen molar-refractivity contribution >= 4 is 0 Å². The molecule has 0 bridgehead atoms. The maximum absolute atomic E-state index is 5.67. The number of rotatable bonds is 8. The molecule has 1 fully saturated rings. The smallest absolute Gasteiger partial charge is 0.110 e. The highest BCUT2D eigenvalue weighted by Gasteiger charge is 2.25. The average Bonchev–Trinajstić information content (AvgIpc) is 2.92. The van der Waals surface area contributed by atoms with Crippen LogP contribution >= 0.6 is 0 Å². The van der Waals surface area contributed by atoms with Crippen molar-refractivity contribution in [3.05, 3.63) is 18.2 Å². The van der Waals surface area contributed by atoms with Gasteiger partial charge in [-0.15, -0.1) is 0 Å². The molecule has 2 unspecified atom stereocenters.